The highest BCUT2D eigenvalue weighted by Gasteiger charge is 2.03. The molecule has 0 aliphatic carbocycles. The second-order valence-electron chi connectivity index (χ2n) is 1.68. The molecule has 0 fully saturated rings. The fourth-order valence-electron chi connectivity index (χ4n) is 0.367. The van der Waals surface area contributed by atoms with E-state index in [0.717, 1.165) is 0 Å². The van der Waals surface area contributed by atoms with Crippen molar-refractivity contribution < 1.29 is 6.16 Å². The summed E-state index contributed by atoms with van der Waals surface area (Å²) < 4.78 is 4.83. The van der Waals surface area contributed by atoms with Crippen molar-refractivity contribution in [1.82, 2.24) is 0 Å². The van der Waals surface area contributed by atoms with E-state index in [0.29, 0.717) is 0 Å². The first-order valence-electron chi connectivity index (χ1n) is 2.65. The van der Waals surface area contributed by atoms with Crippen LogP contribution in [-0.4, -0.2) is 12.2 Å². The van der Waals surface area contributed by atoms with Crippen molar-refractivity contribution in [1.29, 1.82) is 10.5 Å². The Morgan fingerprint density at radius 1 is 1.22 bits per heavy atom. The molecule has 0 rings (SSSR count). The van der Waals surface area contributed by atoms with Gasteiger partial charge in [-0.2, -0.15) is 10.5 Å². The average molecular weight is 126 g/mol. The molecule has 2 atom stereocenters. The van der Waals surface area contributed by atoms with Crippen LogP contribution in [0.2, 0.25) is 0 Å². The van der Waals surface area contributed by atoms with E-state index < -0.39 is 12.2 Å². The van der Waals surface area contributed by atoms with Crippen molar-refractivity contribution in [3.05, 3.63) is 0 Å². The Morgan fingerprint density at radius 2 is 1.56 bits per heavy atom. The summed E-state index contributed by atoms with van der Waals surface area (Å²) in [7, 11) is 0. The van der Waals surface area contributed by atoms with Crippen molar-refractivity contribution in [2.45, 2.75) is 26.1 Å². The van der Waals surface area contributed by atoms with E-state index in [-0.39, 0.29) is 1.43 Å². The average Bonchev–Trinajstić information content (AvgIpc) is 1.87. The molecule has 0 spiro atoms. The van der Waals surface area contributed by atoms with E-state index >= 15 is 0 Å². The van der Waals surface area contributed by atoms with E-state index in [4.69, 9.17) is 15.3 Å². The van der Waals surface area contributed by atoms with Gasteiger partial charge in [-0.3, -0.25) is 0 Å². The maximum Gasteiger partial charge on any atom is 0.142 e. The first kappa shape index (κ1) is 7.94. The van der Waals surface area contributed by atoms with Gasteiger partial charge in [0, 0.05) is 1.43 Å². The molecule has 2 unspecified atom stereocenters. The van der Waals surface area contributed by atoms with Gasteiger partial charge < -0.3 is 4.74 Å². The zero-order valence-corrected chi connectivity index (χ0v) is 5.46. The van der Waals surface area contributed by atoms with Gasteiger partial charge in [0.2, 0.25) is 0 Å². The standard InChI is InChI=1S/C6H8N2O.H2/c1-5(3-7)9-6(2)4-8;/h5-6H,1-2H3;1H. The molecule has 0 radical (unpaired) electrons. The molecule has 0 saturated heterocycles. The van der Waals surface area contributed by atoms with Crippen molar-refractivity contribution in [3.63, 3.8) is 0 Å². The summed E-state index contributed by atoms with van der Waals surface area (Å²) in [5, 5.41) is 16.4. The molecule has 0 aliphatic rings. The molecule has 0 aromatic heterocycles. The molecule has 0 amide bonds. The molecule has 0 saturated carbocycles. The normalized spacial score (nSPS) is 15.1. The molecule has 3 nitrogen and oxygen atoms in total. The first-order chi connectivity index (χ1) is 4.20. The van der Waals surface area contributed by atoms with E-state index in [9.17, 15) is 0 Å². The van der Waals surface area contributed by atoms with Crippen molar-refractivity contribution >= 4 is 0 Å². The third-order valence-corrected chi connectivity index (χ3v) is 0.772. The van der Waals surface area contributed by atoms with Crippen molar-refractivity contribution in [2.24, 2.45) is 0 Å². The molecule has 9 heavy (non-hydrogen) atoms. The maximum atomic E-state index is 8.19. The Bertz CT molecular complexity index is 140. The minimum absolute atomic E-state index is 0. The van der Waals surface area contributed by atoms with Gasteiger partial charge in [-0.05, 0) is 13.8 Å². The smallest absolute Gasteiger partial charge is 0.142 e. The SMILES string of the molecule is CC(C#N)OC(C)C#N.[HH]. The van der Waals surface area contributed by atoms with E-state index in [1.165, 1.54) is 0 Å². The number of nitriles is 2. The molecular formula is C6H10N2O. The van der Waals surface area contributed by atoms with Crippen LogP contribution >= 0.6 is 0 Å². The lowest BCUT2D eigenvalue weighted by Crippen LogP contribution is -2.12. The van der Waals surface area contributed by atoms with Crippen LogP contribution in [0.4, 0.5) is 0 Å². The second kappa shape index (κ2) is 3.88. The zero-order chi connectivity index (χ0) is 7.28. The highest BCUT2D eigenvalue weighted by atomic mass is 16.5. The predicted molar refractivity (Wildman–Crippen MR) is 33.3 cm³/mol. The molecular weight excluding hydrogens is 116 g/mol. The Kier molecular flexibility index (Phi) is 3.43. The Balaban J connectivity index is 0. The second-order valence-corrected chi connectivity index (χ2v) is 1.68. The van der Waals surface area contributed by atoms with Crippen LogP contribution < -0.4 is 0 Å². The first-order valence-corrected chi connectivity index (χ1v) is 2.65. The summed E-state index contributed by atoms with van der Waals surface area (Å²) in [4.78, 5) is 0. The Morgan fingerprint density at radius 3 is 1.78 bits per heavy atom. The molecule has 50 valence electrons. The Labute approximate surface area is 55.9 Å². The van der Waals surface area contributed by atoms with Crippen LogP contribution in [0.15, 0.2) is 0 Å². The Hall–Kier alpha value is -1.06. The number of nitrogens with zero attached hydrogens (tertiary/aromatic N) is 2. The summed E-state index contributed by atoms with van der Waals surface area (Å²) in [6.07, 6.45) is -0.973. The molecule has 0 heterocycles. The minimum Gasteiger partial charge on any atom is -0.346 e. The summed E-state index contributed by atoms with van der Waals surface area (Å²) in [5.74, 6) is 0. The van der Waals surface area contributed by atoms with Crippen LogP contribution in [-0.2, 0) is 4.74 Å². The summed E-state index contributed by atoms with van der Waals surface area (Å²) in [6, 6.07) is 3.71. The minimum atomic E-state index is -0.486. The lowest BCUT2D eigenvalue weighted by atomic mass is 10.4. The van der Waals surface area contributed by atoms with Gasteiger partial charge in [0.25, 0.3) is 0 Å². The molecule has 0 aliphatic heterocycles. The van der Waals surface area contributed by atoms with Crippen LogP contribution in [0.25, 0.3) is 0 Å². The number of ether oxygens (including phenoxy) is 1. The number of hydrogen-bond acceptors (Lipinski definition) is 3. The van der Waals surface area contributed by atoms with Crippen LogP contribution in [0.3, 0.4) is 0 Å². The molecule has 0 bridgehead atoms. The van der Waals surface area contributed by atoms with Gasteiger partial charge in [-0.25, -0.2) is 0 Å². The van der Waals surface area contributed by atoms with E-state index in [1.54, 1.807) is 13.8 Å². The summed E-state index contributed by atoms with van der Waals surface area (Å²) in [5.41, 5.74) is 0. The van der Waals surface area contributed by atoms with Gasteiger partial charge in [-0.15, -0.1) is 0 Å². The maximum absolute atomic E-state index is 8.19. The molecule has 0 aromatic rings. The van der Waals surface area contributed by atoms with E-state index in [2.05, 4.69) is 0 Å². The van der Waals surface area contributed by atoms with Crippen LogP contribution in [0, 0.1) is 22.7 Å². The largest absolute Gasteiger partial charge is 0.346 e. The van der Waals surface area contributed by atoms with Gasteiger partial charge in [-0.1, -0.05) is 0 Å². The zero-order valence-electron chi connectivity index (χ0n) is 5.46. The third kappa shape index (κ3) is 3.52. The predicted octanol–water partition coefficient (Wildman–Crippen LogP) is 1.07. The van der Waals surface area contributed by atoms with Gasteiger partial charge >= 0.3 is 0 Å². The number of hydrogen-bond donors (Lipinski definition) is 0. The van der Waals surface area contributed by atoms with Gasteiger partial charge in [0.15, 0.2) is 0 Å². The van der Waals surface area contributed by atoms with Crippen molar-refractivity contribution in [3.8, 4) is 12.1 Å². The fraction of sp³-hybridized carbons (Fsp3) is 0.667. The van der Waals surface area contributed by atoms with Crippen LogP contribution in [0.5, 0.6) is 0 Å². The summed E-state index contributed by atoms with van der Waals surface area (Å²) >= 11 is 0. The highest BCUT2D eigenvalue weighted by Crippen LogP contribution is 1.93. The monoisotopic (exact) mass is 126 g/mol. The lowest BCUT2D eigenvalue weighted by molar-refractivity contribution is 0.0718. The quantitative estimate of drug-likeness (QED) is 0.556. The highest BCUT2D eigenvalue weighted by molar-refractivity contribution is 4.86. The third-order valence-electron chi connectivity index (χ3n) is 0.772. The van der Waals surface area contributed by atoms with Crippen molar-refractivity contribution in [2.75, 3.05) is 0 Å². The fourth-order valence-corrected chi connectivity index (χ4v) is 0.367. The van der Waals surface area contributed by atoms with Crippen LogP contribution in [0.1, 0.15) is 15.3 Å². The topological polar surface area (TPSA) is 56.8 Å². The van der Waals surface area contributed by atoms with E-state index in [1.807, 2.05) is 12.1 Å². The lowest BCUT2D eigenvalue weighted by Gasteiger charge is -2.04. The number of rotatable bonds is 2. The molecule has 0 aromatic carbocycles. The van der Waals surface area contributed by atoms with Gasteiger partial charge in [0.1, 0.15) is 12.2 Å². The summed E-state index contributed by atoms with van der Waals surface area (Å²) in [6.45, 7) is 3.21. The van der Waals surface area contributed by atoms with Gasteiger partial charge in [0.05, 0.1) is 12.1 Å². The molecule has 0 N–H and O–H groups in total. The molecule has 3 heteroatoms.